The Morgan fingerprint density at radius 2 is 1.96 bits per heavy atom. The summed E-state index contributed by atoms with van der Waals surface area (Å²) in [6.45, 7) is 5.48. The predicted molar refractivity (Wildman–Crippen MR) is 91.2 cm³/mol. The molecule has 1 rings (SSSR count). The van der Waals surface area contributed by atoms with Crippen molar-refractivity contribution in [2.75, 3.05) is 19.8 Å². The van der Waals surface area contributed by atoms with Crippen LogP contribution in [0.3, 0.4) is 0 Å². The van der Waals surface area contributed by atoms with Gasteiger partial charge in [0.15, 0.2) is 12.4 Å². The van der Waals surface area contributed by atoms with Crippen LogP contribution < -0.4 is 0 Å². The average Bonchev–Trinajstić information content (AvgIpc) is 2.62. The van der Waals surface area contributed by atoms with E-state index in [9.17, 15) is 14.4 Å². The maximum Gasteiger partial charge on any atom is 0.508 e. The molecule has 0 bridgehead atoms. The maximum atomic E-state index is 11.3. The van der Waals surface area contributed by atoms with Crippen molar-refractivity contribution in [3.63, 3.8) is 0 Å². The van der Waals surface area contributed by atoms with Gasteiger partial charge < -0.3 is 28.4 Å². The largest absolute Gasteiger partial charge is 0.508 e. The van der Waals surface area contributed by atoms with Gasteiger partial charge in [-0.3, -0.25) is 9.59 Å². The second-order valence-electron chi connectivity index (χ2n) is 5.26. The standard InChI is InChI=1S/C18H22O9/c1-5-9-22-18(21)24-10-14(6-2)26-17-8-7-15(25-13(4)20)16(27-17)11-23-12(3)19/h2,5,7-8,14-17H,1,9-11H2,3-4H3/t14?,15-,16?,17-/m0/s1. The molecule has 0 radical (unpaired) electrons. The smallest absolute Gasteiger partial charge is 0.463 e. The third-order valence-electron chi connectivity index (χ3n) is 3.04. The van der Waals surface area contributed by atoms with Gasteiger partial charge in [0.25, 0.3) is 0 Å². The van der Waals surface area contributed by atoms with Crippen LogP contribution in [0.25, 0.3) is 0 Å². The molecule has 9 nitrogen and oxygen atoms in total. The Labute approximate surface area is 157 Å². The molecule has 0 aromatic rings. The summed E-state index contributed by atoms with van der Waals surface area (Å²) in [5, 5.41) is 0. The van der Waals surface area contributed by atoms with Crippen molar-refractivity contribution in [2.45, 2.75) is 38.4 Å². The molecule has 9 heteroatoms. The van der Waals surface area contributed by atoms with Crippen molar-refractivity contribution >= 4 is 18.1 Å². The van der Waals surface area contributed by atoms with Crippen molar-refractivity contribution in [1.29, 1.82) is 0 Å². The lowest BCUT2D eigenvalue weighted by atomic mass is 10.1. The number of hydrogen-bond acceptors (Lipinski definition) is 9. The van der Waals surface area contributed by atoms with E-state index in [1.54, 1.807) is 0 Å². The van der Waals surface area contributed by atoms with E-state index < -0.39 is 42.7 Å². The first-order valence-corrected chi connectivity index (χ1v) is 8.02. The summed E-state index contributed by atoms with van der Waals surface area (Å²) in [5.74, 6) is 1.28. The van der Waals surface area contributed by atoms with Gasteiger partial charge >= 0.3 is 18.1 Å². The van der Waals surface area contributed by atoms with E-state index in [4.69, 9.17) is 30.1 Å². The van der Waals surface area contributed by atoms with E-state index >= 15 is 0 Å². The highest BCUT2D eigenvalue weighted by atomic mass is 16.7. The van der Waals surface area contributed by atoms with Crippen molar-refractivity contribution in [2.24, 2.45) is 0 Å². The minimum atomic E-state index is -0.925. The molecule has 0 fully saturated rings. The lowest BCUT2D eigenvalue weighted by Crippen LogP contribution is -2.43. The summed E-state index contributed by atoms with van der Waals surface area (Å²) in [6.07, 6.45) is 5.47. The molecule has 4 atom stereocenters. The normalized spacial score (nSPS) is 22.0. The molecule has 0 amide bonds. The van der Waals surface area contributed by atoms with Gasteiger partial charge in [-0.2, -0.15) is 0 Å². The highest BCUT2D eigenvalue weighted by Crippen LogP contribution is 2.19. The van der Waals surface area contributed by atoms with Crippen LogP contribution in [-0.2, 0) is 38.0 Å². The van der Waals surface area contributed by atoms with E-state index in [0.717, 1.165) is 0 Å². The van der Waals surface area contributed by atoms with E-state index in [0.29, 0.717) is 0 Å². The molecule has 0 aromatic heterocycles. The van der Waals surface area contributed by atoms with Crippen LogP contribution in [0, 0.1) is 12.3 Å². The van der Waals surface area contributed by atoms with E-state index in [2.05, 4.69) is 17.2 Å². The second-order valence-corrected chi connectivity index (χ2v) is 5.26. The lowest BCUT2D eigenvalue weighted by Gasteiger charge is -2.32. The first-order chi connectivity index (χ1) is 12.8. The van der Waals surface area contributed by atoms with Gasteiger partial charge in [-0.05, 0) is 12.2 Å². The van der Waals surface area contributed by atoms with Gasteiger partial charge in [-0.25, -0.2) is 4.79 Å². The first kappa shape index (κ1) is 22.2. The van der Waals surface area contributed by atoms with E-state index in [1.807, 2.05) is 0 Å². The molecular weight excluding hydrogens is 360 g/mol. The van der Waals surface area contributed by atoms with E-state index in [-0.39, 0.29) is 19.8 Å². The van der Waals surface area contributed by atoms with Crippen LogP contribution >= 0.6 is 0 Å². The molecule has 1 heterocycles. The molecule has 1 aliphatic rings. The summed E-state index contributed by atoms with van der Waals surface area (Å²) in [4.78, 5) is 33.5. The van der Waals surface area contributed by atoms with Gasteiger partial charge in [0, 0.05) is 13.8 Å². The zero-order valence-corrected chi connectivity index (χ0v) is 15.1. The van der Waals surface area contributed by atoms with Gasteiger partial charge in [-0.15, -0.1) is 6.42 Å². The molecule has 0 N–H and O–H groups in total. The molecule has 0 aromatic carbocycles. The Morgan fingerprint density at radius 1 is 1.22 bits per heavy atom. The number of terminal acetylenes is 1. The lowest BCUT2D eigenvalue weighted by molar-refractivity contribution is -0.206. The second kappa shape index (κ2) is 11.7. The summed E-state index contributed by atoms with van der Waals surface area (Å²) >= 11 is 0. The van der Waals surface area contributed by atoms with Gasteiger partial charge in [-0.1, -0.05) is 18.6 Å². The summed E-state index contributed by atoms with van der Waals surface area (Å²) in [7, 11) is 0. The Morgan fingerprint density at radius 3 is 2.56 bits per heavy atom. The Balaban J connectivity index is 2.62. The summed E-state index contributed by atoms with van der Waals surface area (Å²) in [6, 6.07) is 0. The molecule has 0 aliphatic carbocycles. The van der Waals surface area contributed by atoms with Crippen LogP contribution in [0.4, 0.5) is 4.79 Å². The van der Waals surface area contributed by atoms with E-state index in [1.165, 1.54) is 32.1 Å². The fraction of sp³-hybridized carbons (Fsp3) is 0.500. The number of ether oxygens (including phenoxy) is 6. The van der Waals surface area contributed by atoms with Crippen LogP contribution in [0.1, 0.15) is 13.8 Å². The number of hydrogen-bond donors (Lipinski definition) is 0. The SMILES string of the molecule is C#CC(COC(=O)OCC=C)O[C@@H]1C=C[C@H](OC(C)=O)C(COC(C)=O)O1. The third kappa shape index (κ3) is 8.89. The van der Waals surface area contributed by atoms with Gasteiger partial charge in [0.05, 0.1) is 0 Å². The molecule has 0 spiro atoms. The quantitative estimate of drug-likeness (QED) is 0.251. The zero-order chi connectivity index (χ0) is 20.2. The average molecular weight is 382 g/mol. The monoisotopic (exact) mass is 382 g/mol. The van der Waals surface area contributed by atoms with Crippen molar-refractivity contribution in [1.82, 2.24) is 0 Å². The predicted octanol–water partition coefficient (Wildman–Crippen LogP) is 1.12. The number of esters is 2. The minimum Gasteiger partial charge on any atom is -0.463 e. The van der Waals surface area contributed by atoms with Crippen molar-refractivity contribution in [3.8, 4) is 12.3 Å². The van der Waals surface area contributed by atoms with Gasteiger partial charge in [0.2, 0.25) is 0 Å². The molecule has 0 saturated heterocycles. The molecular formula is C18H22O9. The Bertz CT molecular complexity index is 604. The Hall–Kier alpha value is -2.83. The zero-order valence-electron chi connectivity index (χ0n) is 15.1. The number of carbonyl (C=O) groups excluding carboxylic acids is 3. The van der Waals surface area contributed by atoms with Gasteiger partial charge in [0.1, 0.15) is 32.0 Å². The maximum absolute atomic E-state index is 11.3. The topological polar surface area (TPSA) is 107 Å². The Kier molecular flexibility index (Phi) is 9.64. The first-order valence-electron chi connectivity index (χ1n) is 8.02. The fourth-order valence-electron chi connectivity index (χ4n) is 1.94. The number of carbonyl (C=O) groups is 3. The highest BCUT2D eigenvalue weighted by molar-refractivity contribution is 5.66. The molecule has 1 aliphatic heterocycles. The highest BCUT2D eigenvalue weighted by Gasteiger charge is 2.32. The number of rotatable bonds is 9. The summed E-state index contributed by atoms with van der Waals surface area (Å²) in [5.41, 5.74) is 0. The molecule has 148 valence electrons. The van der Waals surface area contributed by atoms with Crippen LogP contribution in [0.2, 0.25) is 0 Å². The molecule has 0 saturated carbocycles. The van der Waals surface area contributed by atoms with Crippen LogP contribution in [0.5, 0.6) is 0 Å². The molecule has 27 heavy (non-hydrogen) atoms. The third-order valence-corrected chi connectivity index (χ3v) is 3.04. The summed E-state index contributed by atoms with van der Waals surface area (Å²) < 4.78 is 30.6. The minimum absolute atomic E-state index is 0.00422. The van der Waals surface area contributed by atoms with Crippen LogP contribution in [0.15, 0.2) is 24.8 Å². The van der Waals surface area contributed by atoms with Crippen LogP contribution in [-0.4, -0.2) is 62.5 Å². The molecule has 2 unspecified atom stereocenters. The fourth-order valence-corrected chi connectivity index (χ4v) is 1.94. The van der Waals surface area contributed by atoms with Crippen molar-refractivity contribution < 1.29 is 42.8 Å². The van der Waals surface area contributed by atoms with Crippen molar-refractivity contribution in [3.05, 3.63) is 24.8 Å².